The molecule has 3 aromatic rings. The van der Waals surface area contributed by atoms with Crippen molar-refractivity contribution in [3.05, 3.63) is 58.3 Å². The van der Waals surface area contributed by atoms with Gasteiger partial charge >= 0.3 is 5.97 Å². The lowest BCUT2D eigenvalue weighted by molar-refractivity contribution is 0.0600. The van der Waals surface area contributed by atoms with Gasteiger partial charge in [-0.25, -0.2) is 9.78 Å². The molecule has 0 amide bonds. The van der Waals surface area contributed by atoms with Gasteiger partial charge in [-0.3, -0.25) is 0 Å². The first-order valence-electron chi connectivity index (χ1n) is 6.39. The van der Waals surface area contributed by atoms with Crippen LogP contribution in [0.25, 0.3) is 16.9 Å². The fourth-order valence-corrected chi connectivity index (χ4v) is 2.68. The van der Waals surface area contributed by atoms with Crippen molar-refractivity contribution in [3.63, 3.8) is 0 Å². The summed E-state index contributed by atoms with van der Waals surface area (Å²) < 4.78 is 7.20. The fraction of sp³-hybridized carbons (Fsp3) is 0.0625. The molecule has 0 aliphatic carbocycles. The van der Waals surface area contributed by atoms with E-state index in [0.717, 1.165) is 11.3 Å². The SMILES string of the molecule is COC(=O)c1cc(Br)c2nc(-c3ccc(C#N)cc3)cn2c1. The van der Waals surface area contributed by atoms with Crippen molar-refractivity contribution in [2.75, 3.05) is 7.11 Å². The number of benzene rings is 1. The molecule has 1 aromatic carbocycles. The molecule has 0 N–H and O–H groups in total. The van der Waals surface area contributed by atoms with E-state index in [1.807, 2.05) is 18.3 Å². The number of rotatable bonds is 2. The van der Waals surface area contributed by atoms with Gasteiger partial charge in [0.05, 0.1) is 34.5 Å². The van der Waals surface area contributed by atoms with Crippen LogP contribution in [0.3, 0.4) is 0 Å². The Morgan fingerprint density at radius 2 is 2.05 bits per heavy atom. The number of hydrogen-bond acceptors (Lipinski definition) is 4. The number of imidazole rings is 1. The quantitative estimate of drug-likeness (QED) is 0.660. The van der Waals surface area contributed by atoms with E-state index in [1.54, 1.807) is 28.8 Å². The number of hydrogen-bond donors (Lipinski definition) is 0. The Kier molecular flexibility index (Phi) is 3.65. The number of methoxy groups -OCH3 is 1. The number of pyridine rings is 1. The minimum atomic E-state index is -0.406. The number of nitrogens with zero attached hydrogens (tertiary/aromatic N) is 3. The Bertz CT molecular complexity index is 908. The van der Waals surface area contributed by atoms with Crippen molar-refractivity contribution in [2.24, 2.45) is 0 Å². The lowest BCUT2D eigenvalue weighted by Crippen LogP contribution is -2.03. The predicted octanol–water partition coefficient (Wildman–Crippen LogP) is 3.42. The Morgan fingerprint density at radius 1 is 1.32 bits per heavy atom. The molecule has 0 saturated heterocycles. The molecule has 0 saturated carbocycles. The Hall–Kier alpha value is -2.65. The summed E-state index contributed by atoms with van der Waals surface area (Å²) in [5, 5.41) is 8.84. The van der Waals surface area contributed by atoms with Crippen molar-refractivity contribution in [3.8, 4) is 17.3 Å². The molecule has 0 radical (unpaired) electrons. The molecule has 2 heterocycles. The molecule has 2 aromatic heterocycles. The summed E-state index contributed by atoms with van der Waals surface area (Å²) in [6, 6.07) is 10.9. The predicted molar refractivity (Wildman–Crippen MR) is 84.4 cm³/mol. The maximum absolute atomic E-state index is 11.6. The third-order valence-corrected chi connectivity index (χ3v) is 3.82. The number of nitriles is 1. The number of carbonyl (C=O) groups is 1. The molecule has 3 rings (SSSR count). The summed E-state index contributed by atoms with van der Waals surface area (Å²) in [7, 11) is 1.34. The smallest absolute Gasteiger partial charge is 0.339 e. The van der Waals surface area contributed by atoms with Crippen LogP contribution in [-0.2, 0) is 4.74 Å². The highest BCUT2D eigenvalue weighted by Crippen LogP contribution is 2.25. The molecule has 0 spiro atoms. The molecule has 6 heteroatoms. The van der Waals surface area contributed by atoms with Crippen LogP contribution < -0.4 is 0 Å². The zero-order valence-electron chi connectivity index (χ0n) is 11.6. The normalized spacial score (nSPS) is 10.4. The topological polar surface area (TPSA) is 67.4 Å². The van der Waals surface area contributed by atoms with Crippen LogP contribution in [0, 0.1) is 11.3 Å². The van der Waals surface area contributed by atoms with E-state index in [0.29, 0.717) is 21.2 Å². The van der Waals surface area contributed by atoms with Gasteiger partial charge in [-0.05, 0) is 34.1 Å². The van der Waals surface area contributed by atoms with E-state index in [4.69, 9.17) is 10.00 Å². The van der Waals surface area contributed by atoms with Gasteiger partial charge in [-0.1, -0.05) is 12.1 Å². The van der Waals surface area contributed by atoms with Crippen LogP contribution in [0.1, 0.15) is 15.9 Å². The summed E-state index contributed by atoms with van der Waals surface area (Å²) in [4.78, 5) is 16.2. The van der Waals surface area contributed by atoms with Crippen molar-refractivity contribution >= 4 is 27.5 Å². The minimum absolute atomic E-state index is 0.406. The average molecular weight is 356 g/mol. The third kappa shape index (κ3) is 2.47. The maximum atomic E-state index is 11.6. The lowest BCUT2D eigenvalue weighted by atomic mass is 10.1. The van der Waals surface area contributed by atoms with E-state index in [1.165, 1.54) is 7.11 Å². The highest BCUT2D eigenvalue weighted by molar-refractivity contribution is 9.10. The van der Waals surface area contributed by atoms with Gasteiger partial charge in [0.2, 0.25) is 0 Å². The average Bonchev–Trinajstić information content (AvgIpc) is 2.99. The first kappa shape index (κ1) is 14.3. The summed E-state index contributed by atoms with van der Waals surface area (Å²) in [6.07, 6.45) is 3.50. The van der Waals surface area contributed by atoms with Crippen LogP contribution in [-0.4, -0.2) is 22.5 Å². The lowest BCUT2D eigenvalue weighted by Gasteiger charge is -2.01. The Balaban J connectivity index is 2.11. The molecule has 0 unspecified atom stereocenters. The minimum Gasteiger partial charge on any atom is -0.465 e. The van der Waals surface area contributed by atoms with Crippen LogP contribution >= 0.6 is 15.9 Å². The second-order valence-corrected chi connectivity index (χ2v) is 5.47. The van der Waals surface area contributed by atoms with Crippen molar-refractivity contribution in [1.82, 2.24) is 9.38 Å². The Morgan fingerprint density at radius 3 is 2.68 bits per heavy atom. The molecular weight excluding hydrogens is 346 g/mol. The van der Waals surface area contributed by atoms with Crippen molar-refractivity contribution in [2.45, 2.75) is 0 Å². The molecule has 108 valence electrons. The summed E-state index contributed by atoms with van der Waals surface area (Å²) >= 11 is 3.42. The second kappa shape index (κ2) is 5.62. The van der Waals surface area contributed by atoms with Crippen molar-refractivity contribution < 1.29 is 9.53 Å². The van der Waals surface area contributed by atoms with Gasteiger partial charge < -0.3 is 9.14 Å². The van der Waals surface area contributed by atoms with Gasteiger partial charge in [0, 0.05) is 18.0 Å². The third-order valence-electron chi connectivity index (χ3n) is 3.24. The van der Waals surface area contributed by atoms with E-state index in [2.05, 4.69) is 27.0 Å². The maximum Gasteiger partial charge on any atom is 0.339 e. The summed E-state index contributed by atoms with van der Waals surface area (Å²) in [5.74, 6) is -0.406. The van der Waals surface area contributed by atoms with Crippen LogP contribution in [0.5, 0.6) is 0 Å². The zero-order valence-corrected chi connectivity index (χ0v) is 13.2. The number of ether oxygens (including phenoxy) is 1. The molecule has 5 nitrogen and oxygen atoms in total. The van der Waals surface area contributed by atoms with Gasteiger partial charge in [0.25, 0.3) is 0 Å². The van der Waals surface area contributed by atoms with Gasteiger partial charge in [0.15, 0.2) is 5.65 Å². The molecule has 0 aliphatic rings. The highest BCUT2D eigenvalue weighted by Gasteiger charge is 2.12. The number of esters is 1. The van der Waals surface area contributed by atoms with Crippen molar-refractivity contribution in [1.29, 1.82) is 5.26 Å². The van der Waals surface area contributed by atoms with E-state index in [-0.39, 0.29) is 0 Å². The fourth-order valence-electron chi connectivity index (χ4n) is 2.14. The summed E-state index contributed by atoms with van der Waals surface area (Å²) in [6.45, 7) is 0. The second-order valence-electron chi connectivity index (χ2n) is 4.61. The Labute approximate surface area is 134 Å². The van der Waals surface area contributed by atoms with Gasteiger partial charge in [-0.15, -0.1) is 0 Å². The molecule has 0 aliphatic heterocycles. The van der Waals surface area contributed by atoms with Gasteiger partial charge in [0.1, 0.15) is 0 Å². The van der Waals surface area contributed by atoms with Crippen LogP contribution in [0.2, 0.25) is 0 Å². The molecule has 0 atom stereocenters. The first-order chi connectivity index (χ1) is 10.6. The van der Waals surface area contributed by atoms with E-state index < -0.39 is 5.97 Å². The molecular formula is C16H10BrN3O2. The van der Waals surface area contributed by atoms with Crippen LogP contribution in [0.4, 0.5) is 0 Å². The largest absolute Gasteiger partial charge is 0.465 e. The summed E-state index contributed by atoms with van der Waals surface area (Å²) in [5.41, 5.74) is 3.39. The molecule has 0 bridgehead atoms. The number of halogens is 1. The van der Waals surface area contributed by atoms with E-state index >= 15 is 0 Å². The first-order valence-corrected chi connectivity index (χ1v) is 7.19. The number of aromatic nitrogens is 2. The monoisotopic (exact) mass is 355 g/mol. The standard InChI is InChI=1S/C16H10BrN3O2/c1-22-16(21)12-6-13(17)15-19-14(9-20(15)8-12)11-4-2-10(7-18)3-5-11/h2-6,8-9H,1H3. The van der Waals surface area contributed by atoms with Gasteiger partial charge in [-0.2, -0.15) is 5.26 Å². The van der Waals surface area contributed by atoms with E-state index in [9.17, 15) is 4.79 Å². The highest BCUT2D eigenvalue weighted by atomic mass is 79.9. The molecule has 22 heavy (non-hydrogen) atoms. The van der Waals surface area contributed by atoms with Crippen LogP contribution in [0.15, 0.2) is 47.2 Å². The number of fused-ring (bicyclic) bond motifs is 1. The zero-order chi connectivity index (χ0) is 15.7. The molecule has 0 fully saturated rings. The number of carbonyl (C=O) groups excluding carboxylic acids is 1.